The number of carbonyl (C=O) groups excluding carboxylic acids is 1. The summed E-state index contributed by atoms with van der Waals surface area (Å²) in [7, 11) is 0. The molecule has 0 fully saturated rings. The second-order valence-corrected chi connectivity index (χ2v) is 4.46. The zero-order valence-corrected chi connectivity index (χ0v) is 12.4. The molecule has 0 radical (unpaired) electrons. The van der Waals surface area contributed by atoms with Crippen molar-refractivity contribution in [2.75, 3.05) is 6.54 Å². The Kier molecular flexibility index (Phi) is 7.25. The summed E-state index contributed by atoms with van der Waals surface area (Å²) < 4.78 is 10.6. The highest BCUT2D eigenvalue weighted by molar-refractivity contribution is 5.91. The Balaban J connectivity index is 0.000000612. The minimum atomic E-state index is -0.184. The number of unbranched alkanes of at least 4 members (excludes halogenated alkanes) is 1. The van der Waals surface area contributed by atoms with E-state index in [0.29, 0.717) is 23.8 Å². The second-order valence-electron chi connectivity index (χ2n) is 4.46. The van der Waals surface area contributed by atoms with Crippen LogP contribution in [0, 0.1) is 0 Å². The standard InChI is InChI=1S/C13H15NO3.C3H8/c1-2-3-8-14-13(15)12-7-6-11(17-12)10-5-4-9-16-10;1-3-2/h4-7,9H,2-3,8H2,1H3,(H,14,15);3H2,1-2H3. The normalized spacial score (nSPS) is 9.75. The van der Waals surface area contributed by atoms with Crippen molar-refractivity contribution in [3.8, 4) is 11.5 Å². The molecule has 20 heavy (non-hydrogen) atoms. The van der Waals surface area contributed by atoms with Crippen LogP contribution in [0.25, 0.3) is 11.5 Å². The number of carbonyl (C=O) groups is 1. The van der Waals surface area contributed by atoms with Gasteiger partial charge in [-0.2, -0.15) is 0 Å². The zero-order valence-electron chi connectivity index (χ0n) is 12.4. The van der Waals surface area contributed by atoms with E-state index in [1.807, 2.05) is 0 Å². The molecule has 0 aliphatic heterocycles. The summed E-state index contributed by atoms with van der Waals surface area (Å²) in [4.78, 5) is 11.7. The van der Waals surface area contributed by atoms with Gasteiger partial charge in [0.15, 0.2) is 17.3 Å². The summed E-state index contributed by atoms with van der Waals surface area (Å²) in [5.41, 5.74) is 0. The van der Waals surface area contributed by atoms with Crippen molar-refractivity contribution >= 4 is 5.91 Å². The third kappa shape index (κ3) is 4.96. The molecule has 0 unspecified atom stereocenters. The summed E-state index contributed by atoms with van der Waals surface area (Å²) in [6, 6.07) is 6.95. The lowest BCUT2D eigenvalue weighted by molar-refractivity contribution is 0.0926. The average Bonchev–Trinajstić information content (AvgIpc) is 3.11. The van der Waals surface area contributed by atoms with E-state index in [1.54, 1.807) is 30.5 Å². The lowest BCUT2D eigenvalue weighted by Gasteiger charge is -2.00. The van der Waals surface area contributed by atoms with E-state index in [9.17, 15) is 4.79 Å². The minimum absolute atomic E-state index is 0.184. The van der Waals surface area contributed by atoms with Gasteiger partial charge in [-0.15, -0.1) is 0 Å². The zero-order chi connectivity index (χ0) is 14.8. The van der Waals surface area contributed by atoms with Crippen LogP contribution in [-0.4, -0.2) is 12.5 Å². The van der Waals surface area contributed by atoms with Crippen LogP contribution in [0.2, 0.25) is 0 Å². The van der Waals surface area contributed by atoms with Crippen LogP contribution in [-0.2, 0) is 0 Å². The number of nitrogens with one attached hydrogen (secondary N) is 1. The highest BCUT2D eigenvalue weighted by Crippen LogP contribution is 2.22. The molecule has 0 bridgehead atoms. The fourth-order valence-electron chi connectivity index (χ4n) is 1.48. The summed E-state index contributed by atoms with van der Waals surface area (Å²) >= 11 is 0. The molecule has 110 valence electrons. The maximum Gasteiger partial charge on any atom is 0.287 e. The Morgan fingerprint density at radius 3 is 2.50 bits per heavy atom. The number of furan rings is 2. The molecule has 0 aromatic carbocycles. The molecule has 2 aromatic heterocycles. The summed E-state index contributed by atoms with van der Waals surface area (Å²) in [6.45, 7) is 7.00. The van der Waals surface area contributed by atoms with Crippen molar-refractivity contribution in [1.82, 2.24) is 5.32 Å². The fraction of sp³-hybridized carbons (Fsp3) is 0.438. The monoisotopic (exact) mass is 277 g/mol. The lowest BCUT2D eigenvalue weighted by Crippen LogP contribution is -2.23. The molecular formula is C16H23NO3. The Morgan fingerprint density at radius 1 is 1.15 bits per heavy atom. The molecule has 0 atom stereocenters. The van der Waals surface area contributed by atoms with Crippen molar-refractivity contribution in [1.29, 1.82) is 0 Å². The molecule has 2 heterocycles. The summed E-state index contributed by atoms with van der Waals surface area (Å²) in [6.07, 6.45) is 4.84. The van der Waals surface area contributed by atoms with Crippen molar-refractivity contribution in [2.45, 2.75) is 40.0 Å². The Morgan fingerprint density at radius 2 is 1.90 bits per heavy atom. The van der Waals surface area contributed by atoms with E-state index >= 15 is 0 Å². The van der Waals surface area contributed by atoms with Gasteiger partial charge in [0.2, 0.25) is 0 Å². The van der Waals surface area contributed by atoms with Gasteiger partial charge in [-0.3, -0.25) is 4.79 Å². The molecule has 1 amide bonds. The van der Waals surface area contributed by atoms with Gasteiger partial charge in [-0.05, 0) is 30.7 Å². The first kappa shape index (κ1) is 16.1. The number of amides is 1. The first-order chi connectivity index (χ1) is 9.72. The van der Waals surface area contributed by atoms with Crippen molar-refractivity contribution in [3.63, 3.8) is 0 Å². The molecule has 2 aromatic rings. The van der Waals surface area contributed by atoms with E-state index in [0.717, 1.165) is 12.8 Å². The maximum atomic E-state index is 11.7. The predicted molar refractivity (Wildman–Crippen MR) is 79.6 cm³/mol. The SMILES string of the molecule is CCC.CCCCNC(=O)c1ccc(-c2ccco2)o1. The molecule has 0 aliphatic rings. The van der Waals surface area contributed by atoms with Crippen LogP contribution < -0.4 is 5.32 Å². The Bertz CT molecular complexity index is 486. The largest absolute Gasteiger partial charge is 0.461 e. The van der Waals surface area contributed by atoms with Gasteiger partial charge in [0.05, 0.1) is 6.26 Å². The smallest absolute Gasteiger partial charge is 0.287 e. The van der Waals surface area contributed by atoms with Gasteiger partial charge in [-0.25, -0.2) is 0 Å². The first-order valence-corrected chi connectivity index (χ1v) is 7.14. The van der Waals surface area contributed by atoms with E-state index in [-0.39, 0.29) is 5.91 Å². The van der Waals surface area contributed by atoms with Gasteiger partial charge in [0.25, 0.3) is 5.91 Å². The second kappa shape index (κ2) is 9.02. The lowest BCUT2D eigenvalue weighted by atomic mass is 10.3. The van der Waals surface area contributed by atoms with E-state index in [4.69, 9.17) is 8.83 Å². The first-order valence-electron chi connectivity index (χ1n) is 7.14. The highest BCUT2D eigenvalue weighted by Gasteiger charge is 2.12. The average molecular weight is 277 g/mol. The van der Waals surface area contributed by atoms with Gasteiger partial charge >= 0.3 is 0 Å². The highest BCUT2D eigenvalue weighted by atomic mass is 16.4. The number of rotatable bonds is 5. The van der Waals surface area contributed by atoms with E-state index < -0.39 is 0 Å². The van der Waals surface area contributed by atoms with Crippen LogP contribution in [0.1, 0.15) is 50.6 Å². The maximum absolute atomic E-state index is 11.7. The molecule has 0 saturated heterocycles. The van der Waals surface area contributed by atoms with E-state index in [1.165, 1.54) is 6.42 Å². The van der Waals surface area contributed by atoms with Crippen molar-refractivity contribution < 1.29 is 13.6 Å². The molecule has 0 saturated carbocycles. The van der Waals surface area contributed by atoms with Crippen molar-refractivity contribution in [3.05, 3.63) is 36.3 Å². The molecule has 1 N–H and O–H groups in total. The van der Waals surface area contributed by atoms with Crippen LogP contribution in [0.15, 0.2) is 39.4 Å². The molecule has 4 nitrogen and oxygen atoms in total. The molecular weight excluding hydrogens is 254 g/mol. The molecule has 4 heteroatoms. The molecule has 0 spiro atoms. The number of hydrogen-bond donors (Lipinski definition) is 1. The molecule has 2 rings (SSSR count). The third-order valence-electron chi connectivity index (χ3n) is 2.41. The van der Waals surface area contributed by atoms with E-state index in [2.05, 4.69) is 26.1 Å². The van der Waals surface area contributed by atoms with Crippen LogP contribution >= 0.6 is 0 Å². The summed E-state index contributed by atoms with van der Waals surface area (Å²) in [5, 5.41) is 2.80. The molecule has 0 aliphatic carbocycles. The van der Waals surface area contributed by atoms with Crippen LogP contribution in [0.4, 0.5) is 0 Å². The number of hydrogen-bond acceptors (Lipinski definition) is 3. The third-order valence-corrected chi connectivity index (χ3v) is 2.41. The predicted octanol–water partition coefficient (Wildman–Crippen LogP) is 4.49. The van der Waals surface area contributed by atoms with Gasteiger partial charge in [-0.1, -0.05) is 33.6 Å². The Labute approximate surface area is 120 Å². The van der Waals surface area contributed by atoms with Crippen molar-refractivity contribution in [2.24, 2.45) is 0 Å². The minimum Gasteiger partial charge on any atom is -0.461 e. The summed E-state index contributed by atoms with van der Waals surface area (Å²) in [5.74, 6) is 1.32. The van der Waals surface area contributed by atoms with Gasteiger partial charge < -0.3 is 14.2 Å². The quantitative estimate of drug-likeness (QED) is 0.819. The van der Waals surface area contributed by atoms with Crippen LogP contribution in [0.5, 0.6) is 0 Å². The van der Waals surface area contributed by atoms with Gasteiger partial charge in [0, 0.05) is 6.54 Å². The van der Waals surface area contributed by atoms with Gasteiger partial charge in [0.1, 0.15) is 0 Å². The fourth-order valence-corrected chi connectivity index (χ4v) is 1.48. The Hall–Kier alpha value is -1.97. The van der Waals surface area contributed by atoms with Crippen LogP contribution in [0.3, 0.4) is 0 Å². The topological polar surface area (TPSA) is 55.4 Å².